The van der Waals surface area contributed by atoms with Gasteiger partial charge in [0.2, 0.25) is 0 Å². The number of amides is 1. The number of carbonyl (C=O) groups excluding carboxylic acids is 1. The summed E-state index contributed by atoms with van der Waals surface area (Å²) in [4.78, 5) is 47.1. The van der Waals surface area contributed by atoms with Crippen molar-refractivity contribution in [3.8, 4) is 17.2 Å². The smallest absolute Gasteiger partial charge is 0.423 e. The lowest BCUT2D eigenvalue weighted by molar-refractivity contribution is -0.0592. The van der Waals surface area contributed by atoms with Crippen molar-refractivity contribution in [2.45, 2.75) is 96.9 Å². The molecule has 3 aliphatic heterocycles. The van der Waals surface area contributed by atoms with Crippen molar-refractivity contribution in [3.63, 3.8) is 0 Å². The summed E-state index contributed by atoms with van der Waals surface area (Å²) in [6.45, 7) is 12.2. The van der Waals surface area contributed by atoms with Gasteiger partial charge in [0.1, 0.15) is 22.9 Å². The molecular formula is C47H47BF2N8O7. The number of aromatic nitrogens is 7. The third kappa shape index (κ3) is 6.27. The molecular weight excluding hydrogens is 837 g/mol. The van der Waals surface area contributed by atoms with Crippen molar-refractivity contribution in [1.29, 1.82) is 0 Å². The van der Waals surface area contributed by atoms with Crippen LogP contribution in [0.1, 0.15) is 109 Å². The van der Waals surface area contributed by atoms with E-state index in [1.807, 2.05) is 17.6 Å². The Balaban J connectivity index is 1.05. The number of nitrogens with zero attached hydrogens (tertiary/aromatic N) is 7. The van der Waals surface area contributed by atoms with Gasteiger partial charge >= 0.3 is 18.6 Å². The molecule has 65 heavy (non-hydrogen) atoms. The van der Waals surface area contributed by atoms with Crippen LogP contribution in [-0.4, -0.2) is 75.3 Å². The first-order valence-corrected chi connectivity index (χ1v) is 22.0. The predicted octanol–water partition coefficient (Wildman–Crippen LogP) is 5.77. The number of hydrogen-bond donors (Lipinski definition) is 2. The molecule has 7 aromatic rings. The topological polar surface area (TPSA) is 168 Å². The summed E-state index contributed by atoms with van der Waals surface area (Å²) in [6, 6.07) is 13.9. The molecule has 1 aliphatic carbocycles. The first-order valence-electron chi connectivity index (χ1n) is 22.0. The summed E-state index contributed by atoms with van der Waals surface area (Å²) in [5.74, 6) is -1.11. The van der Waals surface area contributed by atoms with Gasteiger partial charge in [-0.3, -0.25) is 23.4 Å². The lowest BCUT2D eigenvalue weighted by Gasteiger charge is -2.35. The molecule has 4 atom stereocenters. The molecule has 0 radical (unpaired) electrons. The highest BCUT2D eigenvalue weighted by molar-refractivity contribution is 6.61. The van der Waals surface area contributed by atoms with Crippen LogP contribution in [0.15, 0.2) is 75.0 Å². The minimum absolute atomic E-state index is 0.0109. The van der Waals surface area contributed by atoms with E-state index in [-0.39, 0.29) is 53.6 Å². The fourth-order valence-electron chi connectivity index (χ4n) is 10.9. The van der Waals surface area contributed by atoms with E-state index in [9.17, 15) is 14.6 Å². The molecule has 7 heterocycles. The van der Waals surface area contributed by atoms with Crippen LogP contribution in [0.4, 0.5) is 8.78 Å². The molecule has 2 N–H and O–H groups in total. The second-order valence-corrected chi connectivity index (χ2v) is 18.8. The lowest BCUT2D eigenvalue weighted by atomic mass is 9.79. The number of ether oxygens (including phenoxy) is 1. The average Bonchev–Trinajstić information content (AvgIpc) is 3.90. The molecule has 1 unspecified atom stereocenters. The summed E-state index contributed by atoms with van der Waals surface area (Å²) >= 11 is 0. The number of halogens is 2. The number of hydrogen-bond acceptors (Lipinski definition) is 9. The van der Waals surface area contributed by atoms with E-state index >= 15 is 13.6 Å². The number of H-pyrrole nitrogens is 1. The maximum absolute atomic E-state index is 16.1. The van der Waals surface area contributed by atoms with Crippen LogP contribution in [0.5, 0.6) is 0 Å². The number of rotatable bonds is 7. The minimum Gasteiger partial charge on any atom is -0.423 e. The Morgan fingerprint density at radius 1 is 0.985 bits per heavy atom. The Hall–Kier alpha value is -6.37. The normalized spacial score (nSPS) is 22.4. The third-order valence-corrected chi connectivity index (χ3v) is 14.3. The highest BCUT2D eigenvalue weighted by atomic mass is 19.1. The quantitative estimate of drug-likeness (QED) is 0.189. The predicted molar refractivity (Wildman–Crippen MR) is 235 cm³/mol. The maximum atomic E-state index is 16.1. The van der Waals surface area contributed by atoms with E-state index in [4.69, 9.17) is 19.0 Å². The molecule has 2 fully saturated rings. The van der Waals surface area contributed by atoms with Crippen LogP contribution in [-0.2, 0) is 28.0 Å². The molecule has 4 aromatic heterocycles. The molecule has 0 spiro atoms. The molecule has 15 nitrogen and oxygen atoms in total. The molecule has 0 bridgehead atoms. The summed E-state index contributed by atoms with van der Waals surface area (Å²) in [7, 11) is -1.27. The number of carbonyl (C=O) groups is 1. The number of benzene rings is 3. The van der Waals surface area contributed by atoms with Gasteiger partial charge in [0.25, 0.3) is 5.91 Å². The summed E-state index contributed by atoms with van der Waals surface area (Å²) in [5, 5.41) is 20.3. The number of imidazole rings is 1. The van der Waals surface area contributed by atoms with Crippen LogP contribution in [0.25, 0.3) is 28.1 Å². The van der Waals surface area contributed by atoms with Gasteiger partial charge in [-0.2, -0.15) is 5.10 Å². The van der Waals surface area contributed by atoms with Gasteiger partial charge in [-0.15, -0.1) is 0 Å². The first kappa shape index (κ1) is 41.3. The summed E-state index contributed by atoms with van der Waals surface area (Å²) < 4.78 is 53.7. The van der Waals surface area contributed by atoms with Crippen molar-refractivity contribution < 1.29 is 32.5 Å². The second-order valence-electron chi connectivity index (χ2n) is 18.8. The Morgan fingerprint density at radius 3 is 2.45 bits per heavy atom. The summed E-state index contributed by atoms with van der Waals surface area (Å²) in [6.07, 6.45) is 5.62. The molecule has 1 saturated carbocycles. The molecule has 18 heteroatoms. The first-order chi connectivity index (χ1) is 31.1. The highest BCUT2D eigenvalue weighted by Crippen LogP contribution is 2.56. The second kappa shape index (κ2) is 14.6. The van der Waals surface area contributed by atoms with Crippen molar-refractivity contribution in [3.05, 3.63) is 139 Å². The van der Waals surface area contributed by atoms with Crippen LogP contribution in [0, 0.1) is 31.4 Å². The van der Waals surface area contributed by atoms with E-state index in [1.54, 1.807) is 35.6 Å². The lowest BCUT2D eigenvalue weighted by Crippen LogP contribution is -2.41. The maximum Gasteiger partial charge on any atom is 0.491 e. The van der Waals surface area contributed by atoms with Crippen molar-refractivity contribution in [2.75, 3.05) is 13.2 Å². The number of aromatic amines is 1. The van der Waals surface area contributed by atoms with E-state index < -0.39 is 36.0 Å². The molecule has 1 amide bonds. The Labute approximate surface area is 371 Å². The fraction of sp³-hybridized carbons (Fsp3) is 0.383. The zero-order valence-corrected chi connectivity index (χ0v) is 36.8. The van der Waals surface area contributed by atoms with Crippen LogP contribution in [0.3, 0.4) is 0 Å². The van der Waals surface area contributed by atoms with Gasteiger partial charge in [-0.25, -0.2) is 23.1 Å². The Bertz CT molecular complexity index is 3230. The zero-order chi connectivity index (χ0) is 45.4. The third-order valence-electron chi connectivity index (χ3n) is 14.3. The average molecular weight is 885 g/mol. The molecule has 11 rings (SSSR count). The largest absolute Gasteiger partial charge is 0.491 e. The SMILES string of the molecule is Cc1cc(-n2nc3c(c2-n2ccn(-c4ccc5c(c4F)COB5O)c2=O)[C@H](C)N(C(=O)c2cc4cc(C5CCOC(C)(C)C5)ccc4n2[C@@]2(c4noc(=O)[nH]4)C[C@@H]2C)CC3)cc(C)c1F. The van der Waals surface area contributed by atoms with Gasteiger partial charge in [0, 0.05) is 54.0 Å². The van der Waals surface area contributed by atoms with E-state index in [2.05, 4.69) is 49.1 Å². The van der Waals surface area contributed by atoms with Gasteiger partial charge in [-0.05, 0) is 124 Å². The monoisotopic (exact) mass is 884 g/mol. The molecule has 3 aromatic carbocycles. The summed E-state index contributed by atoms with van der Waals surface area (Å²) in [5.41, 5.74) is 3.53. The van der Waals surface area contributed by atoms with Gasteiger partial charge in [-0.1, -0.05) is 24.2 Å². The van der Waals surface area contributed by atoms with Gasteiger partial charge in [0.15, 0.2) is 11.6 Å². The number of nitrogens with one attached hydrogen (secondary N) is 1. The van der Waals surface area contributed by atoms with Crippen LogP contribution < -0.4 is 16.9 Å². The van der Waals surface area contributed by atoms with Crippen molar-refractivity contribution >= 4 is 29.4 Å². The minimum atomic E-state index is -1.27. The number of aryl methyl sites for hydroxylation is 2. The van der Waals surface area contributed by atoms with Crippen molar-refractivity contribution in [1.82, 2.24) is 38.5 Å². The van der Waals surface area contributed by atoms with E-state index in [1.165, 1.54) is 33.7 Å². The number of fused-ring (bicyclic) bond motifs is 3. The standard InChI is InChI=1S/C47H47BF2N8O7/c1-24-17-31(18-25(2)39(24)49)58-41(56-15-14-55(45(56)61)36-10-8-33-32(40(36)50)23-64-48(33)62)38-27(4)54(13-11-34(38)52-58)42(59)37-20-30-19-28(29-12-16-63-46(5,6)22-29)7-9-35(30)57(37)47(21-26(47)3)43-51-44(60)65-53-43/h7-10,14-15,17-20,26-27,29,62H,11-13,16,21-23H2,1-6H3,(H,51,53,60)/t26-,27-,29?,47-/m0/s1. The molecule has 4 aliphatic rings. The zero-order valence-electron chi connectivity index (χ0n) is 36.8. The van der Waals surface area contributed by atoms with Crippen LogP contribution >= 0.6 is 0 Å². The Morgan fingerprint density at radius 2 is 1.74 bits per heavy atom. The highest BCUT2D eigenvalue weighted by Gasteiger charge is 2.59. The van der Waals surface area contributed by atoms with E-state index in [0.29, 0.717) is 70.3 Å². The van der Waals surface area contributed by atoms with Crippen LogP contribution in [0.2, 0.25) is 0 Å². The van der Waals surface area contributed by atoms with Gasteiger partial charge in [0.05, 0.1) is 35.3 Å². The Kier molecular flexibility index (Phi) is 9.27. The van der Waals surface area contributed by atoms with E-state index in [0.717, 1.165) is 29.3 Å². The van der Waals surface area contributed by atoms with Crippen molar-refractivity contribution in [2.24, 2.45) is 5.92 Å². The fourth-order valence-corrected chi connectivity index (χ4v) is 10.9. The molecule has 1 saturated heterocycles. The molecule has 334 valence electrons. The van der Waals surface area contributed by atoms with Gasteiger partial charge < -0.3 is 23.9 Å².